The number of nitrogens with one attached hydrogen (secondary N) is 2. The Morgan fingerprint density at radius 2 is 1.88 bits per heavy atom. The largest absolute Gasteiger partial charge is 0.444 e. The molecule has 0 bridgehead atoms. The van der Waals surface area contributed by atoms with Gasteiger partial charge in [0.1, 0.15) is 17.4 Å². The highest BCUT2D eigenvalue weighted by atomic mass is 35.5. The Bertz CT molecular complexity index is 1110. The number of benzene rings is 1. The van der Waals surface area contributed by atoms with Crippen molar-refractivity contribution in [3.8, 4) is 0 Å². The Hall–Kier alpha value is -2.66. The van der Waals surface area contributed by atoms with E-state index in [1.165, 1.54) is 0 Å². The quantitative estimate of drug-likeness (QED) is 0.552. The minimum Gasteiger partial charge on any atom is -0.444 e. The van der Waals surface area contributed by atoms with Gasteiger partial charge in [0.15, 0.2) is 0 Å². The minimum atomic E-state index is -4.23. The predicted molar refractivity (Wildman–Crippen MR) is 123 cm³/mol. The van der Waals surface area contributed by atoms with Crippen LogP contribution in [0.1, 0.15) is 58.5 Å². The van der Waals surface area contributed by atoms with Gasteiger partial charge in [-0.25, -0.2) is 13.2 Å². The molecule has 1 aromatic heterocycles. The Morgan fingerprint density at radius 1 is 1.21 bits per heavy atom. The summed E-state index contributed by atoms with van der Waals surface area (Å²) >= 11 is 6.02. The summed E-state index contributed by atoms with van der Waals surface area (Å²) in [5, 5.41) is 12.2. The molecule has 1 atom stereocenters. The van der Waals surface area contributed by atoms with Crippen molar-refractivity contribution in [1.82, 2.24) is 15.5 Å². The highest BCUT2D eigenvalue weighted by molar-refractivity contribution is 7.91. The fraction of sp³-hybridized carbons (Fsp3) is 0.524. The molecule has 0 aliphatic heterocycles. The molecule has 0 radical (unpaired) electrons. The molecular weight excluding hydrogens is 472 g/mol. The molecule has 0 aliphatic carbocycles. The lowest BCUT2D eigenvalue weighted by Gasteiger charge is -2.22. The number of sulfone groups is 1. The fourth-order valence-corrected chi connectivity index (χ4v) is 3.89. The van der Waals surface area contributed by atoms with Gasteiger partial charge >= 0.3 is 11.3 Å². The van der Waals surface area contributed by atoms with Gasteiger partial charge in [-0.05, 0) is 57.7 Å². The first-order chi connectivity index (χ1) is 15.2. The topological polar surface area (TPSA) is 140 Å². The maximum Gasteiger partial charge on any atom is 0.408 e. The first-order valence-corrected chi connectivity index (χ1v) is 12.3. The van der Waals surface area contributed by atoms with Gasteiger partial charge in [-0.15, -0.1) is 5.10 Å². The van der Waals surface area contributed by atoms with Gasteiger partial charge < -0.3 is 19.8 Å². The average Bonchev–Trinajstić information content (AvgIpc) is 3.14. The Morgan fingerprint density at radius 3 is 2.48 bits per heavy atom. The van der Waals surface area contributed by atoms with Crippen LogP contribution in [0.4, 0.5) is 10.5 Å². The summed E-state index contributed by atoms with van der Waals surface area (Å²) in [6, 6.07) is 4.13. The lowest BCUT2D eigenvalue weighted by molar-refractivity contribution is -0.113. The van der Waals surface area contributed by atoms with Crippen molar-refractivity contribution in [3.63, 3.8) is 0 Å². The molecule has 2 rings (SSSR count). The summed E-state index contributed by atoms with van der Waals surface area (Å²) in [5.41, 5.74) is 0.284. The summed E-state index contributed by atoms with van der Waals surface area (Å²) in [4.78, 5) is 24.5. The van der Waals surface area contributed by atoms with E-state index in [9.17, 15) is 18.0 Å². The van der Waals surface area contributed by atoms with Crippen molar-refractivity contribution < 1.29 is 27.2 Å². The van der Waals surface area contributed by atoms with E-state index < -0.39 is 44.5 Å². The first kappa shape index (κ1) is 26.6. The third kappa shape index (κ3) is 8.01. The molecule has 1 aromatic carbocycles. The second kappa shape index (κ2) is 10.5. The summed E-state index contributed by atoms with van der Waals surface area (Å²) in [6.45, 7) is 10.7. The molecule has 33 heavy (non-hydrogen) atoms. The molecule has 0 aliphatic rings. The van der Waals surface area contributed by atoms with Gasteiger partial charge in [-0.3, -0.25) is 4.79 Å². The van der Waals surface area contributed by atoms with Gasteiger partial charge in [0.25, 0.3) is 0 Å². The SMILES string of the molecule is Cc1c(Cl)cccc1NC(=O)CS(=O)(=O)c1nnc([C@@H](CC(C)C)NC(=O)OC(C)(C)C)o1. The Kier molecular flexibility index (Phi) is 8.47. The van der Waals surface area contributed by atoms with E-state index in [1.54, 1.807) is 45.9 Å². The number of halogens is 1. The molecule has 0 saturated carbocycles. The maximum atomic E-state index is 12.7. The lowest BCUT2D eigenvalue weighted by Crippen LogP contribution is -2.35. The van der Waals surface area contributed by atoms with Crippen molar-refractivity contribution in [2.45, 2.75) is 64.8 Å². The number of alkyl carbamates (subject to hydrolysis) is 1. The molecule has 2 aromatic rings. The second-order valence-electron chi connectivity index (χ2n) is 8.95. The smallest absolute Gasteiger partial charge is 0.408 e. The normalized spacial score (nSPS) is 13.0. The molecule has 182 valence electrons. The van der Waals surface area contributed by atoms with Crippen LogP contribution in [-0.4, -0.2) is 42.0 Å². The van der Waals surface area contributed by atoms with Gasteiger partial charge in [-0.1, -0.05) is 36.6 Å². The number of hydrogen-bond donors (Lipinski definition) is 2. The summed E-state index contributed by atoms with van der Waals surface area (Å²) in [6.07, 6.45) is -0.304. The number of amides is 2. The van der Waals surface area contributed by atoms with Crippen LogP contribution in [0, 0.1) is 12.8 Å². The van der Waals surface area contributed by atoms with Gasteiger partial charge in [-0.2, -0.15) is 0 Å². The van der Waals surface area contributed by atoms with E-state index in [4.69, 9.17) is 20.8 Å². The molecule has 1 heterocycles. The van der Waals surface area contributed by atoms with E-state index in [2.05, 4.69) is 20.8 Å². The monoisotopic (exact) mass is 500 g/mol. The number of ether oxygens (including phenoxy) is 1. The van der Waals surface area contributed by atoms with Crippen LogP contribution < -0.4 is 10.6 Å². The van der Waals surface area contributed by atoms with E-state index in [0.29, 0.717) is 22.7 Å². The molecule has 0 saturated heterocycles. The van der Waals surface area contributed by atoms with E-state index in [1.807, 2.05) is 13.8 Å². The number of carbonyl (C=O) groups excluding carboxylic acids is 2. The number of nitrogens with zero attached hydrogens (tertiary/aromatic N) is 2. The molecule has 2 N–H and O–H groups in total. The zero-order valence-corrected chi connectivity index (χ0v) is 21.0. The molecule has 10 nitrogen and oxygen atoms in total. The summed E-state index contributed by atoms with van der Waals surface area (Å²) < 4.78 is 35.9. The highest BCUT2D eigenvalue weighted by Crippen LogP contribution is 2.24. The molecule has 0 unspecified atom stereocenters. The maximum absolute atomic E-state index is 12.7. The van der Waals surface area contributed by atoms with Gasteiger partial charge in [0, 0.05) is 10.7 Å². The standard InChI is InChI=1S/C21H29ClN4O6S/c1-12(2)10-16(24-19(28)32-21(4,5)6)18-25-26-20(31-18)33(29,30)11-17(27)23-15-9-7-8-14(22)13(15)3/h7-9,12,16H,10-11H2,1-6H3,(H,23,27)(H,24,28)/t16-/m1/s1. The lowest BCUT2D eigenvalue weighted by atomic mass is 10.0. The third-order valence-electron chi connectivity index (χ3n) is 4.25. The number of carbonyl (C=O) groups is 2. The van der Waals surface area contributed by atoms with E-state index in [0.717, 1.165) is 0 Å². The van der Waals surface area contributed by atoms with Crippen LogP contribution in [0.5, 0.6) is 0 Å². The average molecular weight is 501 g/mol. The number of aromatic nitrogens is 2. The van der Waals surface area contributed by atoms with Crippen molar-refractivity contribution in [2.24, 2.45) is 5.92 Å². The summed E-state index contributed by atoms with van der Waals surface area (Å²) in [5.74, 6) is -1.68. The second-order valence-corrected chi connectivity index (χ2v) is 11.2. The van der Waals surface area contributed by atoms with Crippen molar-refractivity contribution in [2.75, 3.05) is 11.1 Å². The first-order valence-electron chi connectivity index (χ1n) is 10.3. The number of hydrogen-bond acceptors (Lipinski definition) is 8. The van der Waals surface area contributed by atoms with Crippen molar-refractivity contribution in [3.05, 3.63) is 34.7 Å². The predicted octanol–water partition coefficient (Wildman–Crippen LogP) is 4.06. The van der Waals surface area contributed by atoms with Gasteiger partial charge in [0.05, 0.1) is 0 Å². The molecule has 12 heteroatoms. The van der Waals surface area contributed by atoms with Gasteiger partial charge in [0.2, 0.25) is 21.6 Å². The van der Waals surface area contributed by atoms with Crippen LogP contribution in [-0.2, 0) is 19.4 Å². The molecular formula is C21H29ClN4O6S. The van der Waals surface area contributed by atoms with E-state index in [-0.39, 0.29) is 11.8 Å². The molecule has 0 fully saturated rings. The Labute approximate surface area is 198 Å². The highest BCUT2D eigenvalue weighted by Gasteiger charge is 2.30. The Balaban J connectivity index is 2.16. The van der Waals surface area contributed by atoms with Crippen molar-refractivity contribution >= 4 is 39.1 Å². The molecule has 2 amide bonds. The van der Waals surface area contributed by atoms with Crippen LogP contribution in [0.15, 0.2) is 27.8 Å². The van der Waals surface area contributed by atoms with E-state index >= 15 is 0 Å². The summed E-state index contributed by atoms with van der Waals surface area (Å²) in [7, 11) is -4.23. The van der Waals surface area contributed by atoms with Crippen molar-refractivity contribution in [1.29, 1.82) is 0 Å². The van der Waals surface area contributed by atoms with Crippen LogP contribution >= 0.6 is 11.6 Å². The van der Waals surface area contributed by atoms with Crippen LogP contribution in [0.2, 0.25) is 5.02 Å². The fourth-order valence-electron chi connectivity index (χ4n) is 2.79. The number of anilines is 1. The van der Waals surface area contributed by atoms with Crippen LogP contribution in [0.25, 0.3) is 0 Å². The molecule has 0 spiro atoms. The zero-order chi connectivity index (χ0) is 25.0. The third-order valence-corrected chi connectivity index (χ3v) is 6.00. The number of rotatable bonds is 8. The zero-order valence-electron chi connectivity index (χ0n) is 19.4. The minimum absolute atomic E-state index is 0.0979. The van der Waals surface area contributed by atoms with Crippen LogP contribution in [0.3, 0.4) is 0 Å².